The zero-order valence-electron chi connectivity index (χ0n) is 20.1. The van der Waals surface area contributed by atoms with Crippen LogP contribution in [0.3, 0.4) is 0 Å². The topological polar surface area (TPSA) is 89.4 Å². The maximum absolute atomic E-state index is 12.6. The lowest BCUT2D eigenvalue weighted by Crippen LogP contribution is -2.45. The monoisotopic (exact) mass is 527 g/mol. The molecular weight excluding hydrogens is 497 g/mol. The van der Waals surface area contributed by atoms with Crippen LogP contribution in [0.25, 0.3) is 0 Å². The summed E-state index contributed by atoms with van der Waals surface area (Å²) in [4.78, 5) is 30.6. The Morgan fingerprint density at radius 2 is 2.00 bits per heavy atom. The summed E-state index contributed by atoms with van der Waals surface area (Å²) in [6.07, 6.45) is 4.51. The molecule has 1 N–H and O–H groups in total. The molecule has 0 saturated carbocycles. The van der Waals surface area contributed by atoms with Crippen LogP contribution in [0, 0.1) is 5.92 Å². The molecule has 34 heavy (non-hydrogen) atoms. The Bertz CT molecular complexity index is 1040. The van der Waals surface area contributed by atoms with Crippen molar-refractivity contribution < 1.29 is 14.3 Å². The van der Waals surface area contributed by atoms with E-state index in [0.717, 1.165) is 37.8 Å². The van der Waals surface area contributed by atoms with Crippen molar-refractivity contribution in [1.82, 2.24) is 24.4 Å². The Balaban J connectivity index is 1.44. The molecule has 1 aliphatic heterocycles. The van der Waals surface area contributed by atoms with Gasteiger partial charge in [-0.05, 0) is 78.0 Å². The first kappa shape index (κ1) is 26.6. The van der Waals surface area contributed by atoms with Gasteiger partial charge in [-0.2, -0.15) is 5.10 Å². The molecular formula is C23H31Cl2N5O3S. The Morgan fingerprint density at radius 3 is 2.68 bits per heavy atom. The molecule has 2 amide bonds. The van der Waals surface area contributed by atoms with E-state index in [1.54, 1.807) is 0 Å². The summed E-state index contributed by atoms with van der Waals surface area (Å²) in [7, 11) is 0. The van der Waals surface area contributed by atoms with Crippen molar-refractivity contribution in [2.75, 3.05) is 6.54 Å². The van der Waals surface area contributed by atoms with Crippen molar-refractivity contribution in [2.24, 2.45) is 5.92 Å². The molecule has 0 spiro atoms. The highest BCUT2D eigenvalue weighted by atomic mass is 35.5. The number of ether oxygens (including phenoxy) is 1. The van der Waals surface area contributed by atoms with E-state index in [-0.39, 0.29) is 33.4 Å². The van der Waals surface area contributed by atoms with Crippen LogP contribution in [0.15, 0.2) is 29.4 Å². The Labute approximate surface area is 214 Å². The number of carbonyl (C=O) groups is 2. The van der Waals surface area contributed by atoms with Crippen molar-refractivity contribution in [3.05, 3.63) is 40.3 Å². The third-order valence-electron chi connectivity index (χ3n) is 5.50. The van der Waals surface area contributed by atoms with Crippen LogP contribution in [0.4, 0.5) is 4.79 Å². The Kier molecular flexibility index (Phi) is 8.42. The number of aromatic nitrogens is 3. The highest BCUT2D eigenvalue weighted by molar-refractivity contribution is 7.97. The zero-order chi connectivity index (χ0) is 25.1. The minimum atomic E-state index is -0.501. The molecule has 1 atom stereocenters. The Hall–Kier alpha value is -1.97. The first-order chi connectivity index (χ1) is 15.8. The van der Waals surface area contributed by atoms with Crippen molar-refractivity contribution in [3.63, 3.8) is 0 Å². The number of aryl methyl sites for hydroxylation is 1. The van der Waals surface area contributed by atoms with Crippen LogP contribution < -0.4 is 4.72 Å². The number of pyridine rings is 1. The second-order valence-electron chi connectivity index (χ2n) is 10.0. The average molecular weight is 529 g/mol. The molecule has 11 heteroatoms. The van der Waals surface area contributed by atoms with Gasteiger partial charge in [-0.1, -0.05) is 23.2 Å². The van der Waals surface area contributed by atoms with Gasteiger partial charge in [0.2, 0.25) is 0 Å². The van der Waals surface area contributed by atoms with Crippen molar-refractivity contribution in [2.45, 2.75) is 76.6 Å². The maximum Gasteiger partial charge on any atom is 0.410 e. The largest absolute Gasteiger partial charge is 0.444 e. The second-order valence-corrected chi connectivity index (χ2v) is 11.6. The third kappa shape index (κ3) is 7.26. The molecule has 1 unspecified atom stereocenters. The van der Waals surface area contributed by atoms with E-state index in [1.807, 2.05) is 42.6 Å². The first-order valence-corrected chi connectivity index (χ1v) is 12.7. The van der Waals surface area contributed by atoms with Crippen LogP contribution in [-0.2, 0) is 11.3 Å². The molecule has 0 aromatic carbocycles. The normalized spacial score (nSPS) is 17.6. The summed E-state index contributed by atoms with van der Waals surface area (Å²) in [5.41, 5.74) is -0.472. The predicted octanol–water partition coefficient (Wildman–Crippen LogP) is 5.84. The van der Waals surface area contributed by atoms with Gasteiger partial charge in [0.15, 0.2) is 0 Å². The van der Waals surface area contributed by atoms with Gasteiger partial charge >= 0.3 is 6.09 Å². The van der Waals surface area contributed by atoms with Gasteiger partial charge in [0.25, 0.3) is 5.91 Å². The van der Waals surface area contributed by atoms with E-state index in [2.05, 4.69) is 28.7 Å². The molecule has 186 valence electrons. The van der Waals surface area contributed by atoms with Crippen molar-refractivity contribution in [1.29, 1.82) is 0 Å². The summed E-state index contributed by atoms with van der Waals surface area (Å²) in [6, 6.07) is 4.88. The molecule has 2 aromatic heterocycles. The lowest BCUT2D eigenvalue weighted by molar-refractivity contribution is 0.0130. The Morgan fingerprint density at radius 1 is 1.26 bits per heavy atom. The molecule has 1 saturated heterocycles. The number of halogens is 2. The number of nitrogens with one attached hydrogen (secondary N) is 1. The summed E-state index contributed by atoms with van der Waals surface area (Å²) in [6.45, 7) is 11.3. The van der Waals surface area contributed by atoms with Crippen LogP contribution in [0.5, 0.6) is 0 Å². The molecule has 1 aliphatic rings. The summed E-state index contributed by atoms with van der Waals surface area (Å²) in [5, 5.41) is 5.45. The van der Waals surface area contributed by atoms with Crippen LogP contribution in [-0.4, -0.2) is 49.3 Å². The van der Waals surface area contributed by atoms with Gasteiger partial charge in [-0.15, -0.1) is 0 Å². The van der Waals surface area contributed by atoms with Crippen LogP contribution >= 0.6 is 35.1 Å². The molecule has 2 aromatic rings. The minimum Gasteiger partial charge on any atom is -0.444 e. The zero-order valence-corrected chi connectivity index (χ0v) is 22.4. The van der Waals surface area contributed by atoms with Gasteiger partial charge in [0.1, 0.15) is 20.9 Å². The van der Waals surface area contributed by atoms with E-state index in [1.165, 1.54) is 12.1 Å². The molecule has 0 bridgehead atoms. The smallest absolute Gasteiger partial charge is 0.410 e. The van der Waals surface area contributed by atoms with Gasteiger partial charge in [-0.25, -0.2) is 9.78 Å². The van der Waals surface area contributed by atoms with E-state index in [0.29, 0.717) is 17.5 Å². The molecule has 8 nitrogen and oxygen atoms in total. The molecule has 0 aliphatic carbocycles. The lowest BCUT2D eigenvalue weighted by atomic mass is 9.93. The fourth-order valence-electron chi connectivity index (χ4n) is 4.02. The number of rotatable bonds is 7. The van der Waals surface area contributed by atoms with E-state index < -0.39 is 5.60 Å². The van der Waals surface area contributed by atoms with Gasteiger partial charge < -0.3 is 9.64 Å². The highest BCUT2D eigenvalue weighted by Crippen LogP contribution is 2.36. The second kappa shape index (κ2) is 10.7. The summed E-state index contributed by atoms with van der Waals surface area (Å²) < 4.78 is 10.2. The van der Waals surface area contributed by atoms with Gasteiger partial charge in [0.05, 0.1) is 5.56 Å². The standard InChI is InChI=1S/C23H31Cl2N5O3S/c1-22(2,3)33-21(32)30-14-15(13-23(30,4)5)7-6-11-29-12-10-18(27-29)34-28-20(31)16-8-9-17(24)26-19(16)25/h8-10,12,15H,6-7,11,13-14H2,1-5H3,(H,28,31). The fraction of sp³-hybridized carbons (Fsp3) is 0.565. The van der Waals surface area contributed by atoms with Gasteiger partial charge in [-0.3, -0.25) is 14.2 Å². The minimum absolute atomic E-state index is 0.0523. The number of amides is 2. The van der Waals surface area contributed by atoms with E-state index in [4.69, 9.17) is 27.9 Å². The van der Waals surface area contributed by atoms with Gasteiger partial charge in [0, 0.05) is 36.8 Å². The number of nitrogens with zero attached hydrogens (tertiary/aromatic N) is 4. The summed E-state index contributed by atoms with van der Waals surface area (Å²) >= 11 is 12.9. The molecule has 3 heterocycles. The number of hydrogen-bond acceptors (Lipinski definition) is 6. The average Bonchev–Trinajstić information content (AvgIpc) is 3.28. The third-order valence-corrected chi connectivity index (χ3v) is 6.71. The maximum atomic E-state index is 12.6. The molecule has 3 rings (SSSR count). The lowest BCUT2D eigenvalue weighted by Gasteiger charge is -2.33. The number of likely N-dealkylation sites (tertiary alicyclic amines) is 1. The van der Waals surface area contributed by atoms with Crippen molar-refractivity contribution in [3.8, 4) is 0 Å². The SMILES string of the molecule is CC(C)(C)OC(=O)N1CC(CCCn2ccc(SNC(=O)c3ccc(Cl)nc3Cl)n2)CC1(C)C. The first-order valence-electron chi connectivity index (χ1n) is 11.2. The molecule has 0 radical (unpaired) electrons. The quantitative estimate of drug-likeness (QED) is 0.359. The highest BCUT2D eigenvalue weighted by Gasteiger charge is 2.42. The van der Waals surface area contributed by atoms with Crippen LogP contribution in [0.2, 0.25) is 10.3 Å². The predicted molar refractivity (Wildman–Crippen MR) is 134 cm³/mol. The van der Waals surface area contributed by atoms with E-state index in [9.17, 15) is 9.59 Å². The number of carbonyl (C=O) groups excluding carboxylic acids is 2. The van der Waals surface area contributed by atoms with Crippen LogP contribution in [0.1, 0.15) is 64.2 Å². The molecule has 1 fully saturated rings. The summed E-state index contributed by atoms with van der Waals surface area (Å²) in [5.74, 6) is 0.0519. The van der Waals surface area contributed by atoms with Crippen molar-refractivity contribution >= 4 is 47.2 Å². The number of hydrogen-bond donors (Lipinski definition) is 1. The fourth-order valence-corrected chi connectivity index (χ4v) is 5.03. The van der Waals surface area contributed by atoms with E-state index >= 15 is 0 Å².